The SMILES string of the molecule is S=C(NCCc1ccccc1)N(Cc1cccnc1)Cc1ccccn1. The molecule has 0 saturated heterocycles. The first-order valence-corrected chi connectivity index (χ1v) is 9.07. The van der Waals surface area contributed by atoms with Crippen LogP contribution in [0.2, 0.25) is 0 Å². The van der Waals surface area contributed by atoms with Gasteiger partial charge < -0.3 is 10.2 Å². The number of hydrogen-bond donors (Lipinski definition) is 1. The smallest absolute Gasteiger partial charge is 0.169 e. The third kappa shape index (κ3) is 5.63. The normalized spacial score (nSPS) is 10.3. The third-order valence-corrected chi connectivity index (χ3v) is 4.40. The summed E-state index contributed by atoms with van der Waals surface area (Å²) in [5.41, 5.74) is 3.41. The molecule has 0 saturated carbocycles. The van der Waals surface area contributed by atoms with Gasteiger partial charge in [0.15, 0.2) is 5.11 Å². The summed E-state index contributed by atoms with van der Waals surface area (Å²) in [5.74, 6) is 0. The van der Waals surface area contributed by atoms with Gasteiger partial charge in [-0.15, -0.1) is 0 Å². The van der Waals surface area contributed by atoms with E-state index in [9.17, 15) is 0 Å². The van der Waals surface area contributed by atoms with Crippen LogP contribution in [-0.4, -0.2) is 26.5 Å². The van der Waals surface area contributed by atoms with Crippen molar-refractivity contribution in [1.82, 2.24) is 20.2 Å². The van der Waals surface area contributed by atoms with Crippen LogP contribution in [0.15, 0.2) is 79.3 Å². The van der Waals surface area contributed by atoms with Gasteiger partial charge in [-0.2, -0.15) is 0 Å². The van der Waals surface area contributed by atoms with Crippen LogP contribution in [0.4, 0.5) is 0 Å². The maximum absolute atomic E-state index is 5.66. The highest BCUT2D eigenvalue weighted by Crippen LogP contribution is 2.08. The molecule has 0 spiro atoms. The van der Waals surface area contributed by atoms with Crippen molar-refractivity contribution in [2.45, 2.75) is 19.5 Å². The van der Waals surface area contributed by atoms with Crippen LogP contribution in [0.1, 0.15) is 16.8 Å². The van der Waals surface area contributed by atoms with Crippen molar-refractivity contribution < 1.29 is 0 Å². The van der Waals surface area contributed by atoms with E-state index < -0.39 is 0 Å². The van der Waals surface area contributed by atoms with Gasteiger partial charge in [-0.1, -0.05) is 42.5 Å². The Morgan fingerprint density at radius 3 is 2.42 bits per heavy atom. The Labute approximate surface area is 159 Å². The number of aromatic nitrogens is 2. The molecule has 1 N–H and O–H groups in total. The minimum atomic E-state index is 0.660. The molecule has 5 heteroatoms. The van der Waals surface area contributed by atoms with Gasteiger partial charge >= 0.3 is 0 Å². The fourth-order valence-electron chi connectivity index (χ4n) is 2.67. The zero-order valence-corrected chi connectivity index (χ0v) is 15.4. The molecule has 0 atom stereocenters. The highest BCUT2D eigenvalue weighted by molar-refractivity contribution is 7.80. The van der Waals surface area contributed by atoms with Crippen molar-refractivity contribution >= 4 is 17.3 Å². The molecule has 0 aliphatic heterocycles. The number of hydrogen-bond acceptors (Lipinski definition) is 3. The quantitative estimate of drug-likeness (QED) is 0.651. The van der Waals surface area contributed by atoms with Crippen LogP contribution in [0.3, 0.4) is 0 Å². The molecule has 2 aromatic heterocycles. The van der Waals surface area contributed by atoms with E-state index in [0.29, 0.717) is 13.1 Å². The van der Waals surface area contributed by atoms with Crippen molar-refractivity contribution in [2.75, 3.05) is 6.54 Å². The summed E-state index contributed by atoms with van der Waals surface area (Å²) in [7, 11) is 0. The summed E-state index contributed by atoms with van der Waals surface area (Å²) < 4.78 is 0. The number of thiocarbonyl (C=S) groups is 1. The first-order chi connectivity index (χ1) is 12.8. The maximum Gasteiger partial charge on any atom is 0.169 e. The van der Waals surface area contributed by atoms with E-state index in [2.05, 4.69) is 50.5 Å². The van der Waals surface area contributed by atoms with Crippen molar-refractivity contribution in [3.63, 3.8) is 0 Å². The summed E-state index contributed by atoms with van der Waals surface area (Å²) >= 11 is 5.66. The van der Waals surface area contributed by atoms with Gasteiger partial charge in [0.1, 0.15) is 0 Å². The maximum atomic E-state index is 5.66. The lowest BCUT2D eigenvalue weighted by atomic mass is 10.1. The Balaban J connectivity index is 1.62. The Bertz CT molecular complexity index is 753. The standard InChI is InChI=1S/C21H22N4S/c26-21(24-14-11-18-7-2-1-3-8-18)25(16-19-9-6-12-22-15-19)17-20-10-4-5-13-23-20/h1-10,12-13,15H,11,14,16-17H2,(H,24,26). The molecule has 0 unspecified atom stereocenters. The minimum Gasteiger partial charge on any atom is -0.362 e. The number of benzene rings is 1. The van der Waals surface area contributed by atoms with Crippen molar-refractivity contribution in [2.24, 2.45) is 0 Å². The average molecular weight is 363 g/mol. The molecule has 26 heavy (non-hydrogen) atoms. The summed E-state index contributed by atoms with van der Waals surface area (Å²) in [6, 6.07) is 20.4. The first-order valence-electron chi connectivity index (χ1n) is 8.67. The van der Waals surface area contributed by atoms with Gasteiger partial charge in [0.05, 0.1) is 12.2 Å². The minimum absolute atomic E-state index is 0.660. The number of nitrogens with zero attached hydrogens (tertiary/aromatic N) is 3. The summed E-state index contributed by atoms with van der Waals surface area (Å²) in [4.78, 5) is 10.8. The van der Waals surface area contributed by atoms with E-state index in [4.69, 9.17) is 12.2 Å². The molecule has 2 heterocycles. The second kappa shape index (κ2) is 9.63. The van der Waals surface area contributed by atoms with E-state index in [1.807, 2.05) is 42.7 Å². The number of pyridine rings is 2. The van der Waals surface area contributed by atoms with Gasteiger partial charge in [-0.25, -0.2) is 0 Å². The molecule has 0 fully saturated rings. The lowest BCUT2D eigenvalue weighted by Crippen LogP contribution is -2.39. The van der Waals surface area contributed by atoms with Crippen LogP contribution in [0.25, 0.3) is 0 Å². The van der Waals surface area contributed by atoms with E-state index >= 15 is 0 Å². The molecule has 0 amide bonds. The average Bonchev–Trinajstić information content (AvgIpc) is 2.70. The van der Waals surface area contributed by atoms with Crippen LogP contribution >= 0.6 is 12.2 Å². The molecule has 0 radical (unpaired) electrons. The first kappa shape index (κ1) is 18.0. The van der Waals surface area contributed by atoms with Gasteiger partial charge in [0, 0.05) is 31.7 Å². The highest BCUT2D eigenvalue weighted by atomic mass is 32.1. The molecule has 4 nitrogen and oxygen atoms in total. The van der Waals surface area contributed by atoms with Crippen molar-refractivity contribution in [3.05, 3.63) is 96.1 Å². The van der Waals surface area contributed by atoms with E-state index in [-0.39, 0.29) is 0 Å². The summed E-state index contributed by atoms with van der Waals surface area (Å²) in [5, 5.41) is 4.11. The zero-order chi connectivity index (χ0) is 18.0. The molecule has 0 aliphatic rings. The molecule has 0 bridgehead atoms. The van der Waals surface area contributed by atoms with E-state index in [1.165, 1.54) is 5.56 Å². The van der Waals surface area contributed by atoms with Gasteiger partial charge in [0.2, 0.25) is 0 Å². The van der Waals surface area contributed by atoms with Gasteiger partial charge in [-0.05, 0) is 48.0 Å². The van der Waals surface area contributed by atoms with E-state index in [0.717, 1.165) is 29.3 Å². The largest absolute Gasteiger partial charge is 0.362 e. The van der Waals surface area contributed by atoms with Crippen LogP contribution < -0.4 is 5.32 Å². The Morgan fingerprint density at radius 2 is 1.69 bits per heavy atom. The number of nitrogens with one attached hydrogen (secondary N) is 1. The van der Waals surface area contributed by atoms with Gasteiger partial charge in [-0.3, -0.25) is 9.97 Å². The van der Waals surface area contributed by atoms with Crippen LogP contribution in [0.5, 0.6) is 0 Å². The highest BCUT2D eigenvalue weighted by Gasteiger charge is 2.12. The fraction of sp³-hybridized carbons (Fsp3) is 0.190. The zero-order valence-electron chi connectivity index (χ0n) is 14.6. The molecular weight excluding hydrogens is 340 g/mol. The molecule has 3 rings (SSSR count). The molecule has 3 aromatic rings. The Kier molecular flexibility index (Phi) is 6.67. The monoisotopic (exact) mass is 362 g/mol. The molecule has 0 aliphatic carbocycles. The third-order valence-electron chi connectivity index (χ3n) is 4.00. The molecule has 132 valence electrons. The predicted octanol–water partition coefficient (Wildman–Crippen LogP) is 3.60. The second-order valence-corrected chi connectivity index (χ2v) is 6.39. The number of rotatable bonds is 7. The van der Waals surface area contributed by atoms with E-state index in [1.54, 1.807) is 6.20 Å². The lowest BCUT2D eigenvalue weighted by Gasteiger charge is -2.25. The topological polar surface area (TPSA) is 41.0 Å². The fourth-order valence-corrected chi connectivity index (χ4v) is 2.90. The summed E-state index contributed by atoms with van der Waals surface area (Å²) in [6.45, 7) is 2.16. The van der Waals surface area contributed by atoms with Crippen molar-refractivity contribution in [1.29, 1.82) is 0 Å². The molecule has 1 aromatic carbocycles. The van der Waals surface area contributed by atoms with Crippen molar-refractivity contribution in [3.8, 4) is 0 Å². The summed E-state index contributed by atoms with van der Waals surface area (Å²) in [6.07, 6.45) is 6.40. The predicted molar refractivity (Wildman–Crippen MR) is 108 cm³/mol. The second-order valence-electron chi connectivity index (χ2n) is 6.01. The van der Waals surface area contributed by atoms with Crippen LogP contribution in [0, 0.1) is 0 Å². The van der Waals surface area contributed by atoms with Crippen LogP contribution in [-0.2, 0) is 19.5 Å². The lowest BCUT2D eigenvalue weighted by molar-refractivity contribution is 0.394. The molecular formula is C21H22N4S. The Morgan fingerprint density at radius 1 is 0.885 bits per heavy atom. The van der Waals surface area contributed by atoms with Gasteiger partial charge in [0.25, 0.3) is 0 Å². The Hall–Kier alpha value is -2.79.